The van der Waals surface area contributed by atoms with Crippen LogP contribution in [0.2, 0.25) is 0 Å². The number of amidine groups is 1. The molecule has 3 aliphatic rings. The summed E-state index contributed by atoms with van der Waals surface area (Å²) in [5, 5.41) is 5.95. The van der Waals surface area contributed by atoms with Gasteiger partial charge in [0.25, 0.3) is 0 Å². The van der Waals surface area contributed by atoms with Crippen molar-refractivity contribution >= 4 is 23.9 Å². The molecule has 0 amide bonds. The van der Waals surface area contributed by atoms with Gasteiger partial charge in [0.1, 0.15) is 17.6 Å². The number of hydrogen-bond donors (Lipinski definition) is 2. The fourth-order valence-corrected chi connectivity index (χ4v) is 6.00. The molecule has 0 bridgehead atoms. The van der Waals surface area contributed by atoms with Crippen LogP contribution in [0.5, 0.6) is 0 Å². The molecule has 3 aliphatic heterocycles. The standard InChI is InChI=1S/C24H39N5OS.C2H6/c1-7-11-18-15-25-23-19(17(8-2)9-3)14-16(5)27-29(23)21(18)22-20(10-4)26-24(31-22)28(6)12-13-30;1-2/h13-14,16-17,24,26-27H,7-12,15H2,1-6H3;1-2H3. The van der Waals surface area contributed by atoms with Gasteiger partial charge in [0.05, 0.1) is 23.7 Å². The second kappa shape index (κ2) is 13.4. The fraction of sp³-hybridized carbons (Fsp3) is 0.692. The third-order valence-corrected chi connectivity index (χ3v) is 7.70. The molecule has 0 aromatic carbocycles. The molecule has 7 heteroatoms. The molecule has 0 aromatic heterocycles. The average molecular weight is 476 g/mol. The van der Waals surface area contributed by atoms with Crippen LogP contribution in [-0.2, 0) is 4.79 Å². The zero-order valence-corrected chi connectivity index (χ0v) is 22.8. The summed E-state index contributed by atoms with van der Waals surface area (Å²) in [5.41, 5.74) is 9.09. The van der Waals surface area contributed by atoms with E-state index in [0.29, 0.717) is 12.5 Å². The number of hydrazine groups is 1. The highest BCUT2D eigenvalue weighted by Gasteiger charge is 2.38. The van der Waals surface area contributed by atoms with E-state index in [0.717, 1.165) is 50.8 Å². The van der Waals surface area contributed by atoms with Crippen LogP contribution in [0.15, 0.2) is 38.5 Å². The molecule has 186 valence electrons. The first kappa shape index (κ1) is 27.7. The molecule has 2 N–H and O–H groups in total. The maximum atomic E-state index is 11.1. The van der Waals surface area contributed by atoms with Gasteiger partial charge in [-0.1, -0.05) is 65.8 Å². The Bertz CT molecular complexity index is 797. The topological polar surface area (TPSA) is 60.0 Å². The van der Waals surface area contributed by atoms with Crippen LogP contribution in [0.3, 0.4) is 0 Å². The van der Waals surface area contributed by atoms with Crippen molar-refractivity contribution in [2.24, 2.45) is 10.9 Å². The lowest BCUT2D eigenvalue weighted by molar-refractivity contribution is -0.108. The minimum Gasteiger partial charge on any atom is -0.363 e. The molecule has 33 heavy (non-hydrogen) atoms. The number of nitrogens with one attached hydrogen (secondary N) is 2. The number of rotatable bonds is 10. The molecule has 2 atom stereocenters. The van der Waals surface area contributed by atoms with Crippen LogP contribution >= 0.6 is 11.8 Å². The first-order valence-electron chi connectivity index (χ1n) is 12.8. The maximum Gasteiger partial charge on any atom is 0.146 e. The quantitative estimate of drug-likeness (QED) is 0.411. The minimum absolute atomic E-state index is 0.0732. The smallest absolute Gasteiger partial charge is 0.146 e. The number of carbonyl (C=O) groups excluding carboxylic acids is 1. The summed E-state index contributed by atoms with van der Waals surface area (Å²) in [7, 11) is 2.00. The highest BCUT2D eigenvalue weighted by Crippen LogP contribution is 2.43. The number of carbonyl (C=O) groups is 1. The third-order valence-electron chi connectivity index (χ3n) is 6.32. The van der Waals surface area contributed by atoms with E-state index in [-0.39, 0.29) is 11.5 Å². The Kier molecular flexibility index (Phi) is 11.2. The van der Waals surface area contributed by atoms with Gasteiger partial charge in [0.15, 0.2) is 0 Å². The molecule has 0 spiro atoms. The Hall–Kier alpha value is -1.57. The van der Waals surface area contributed by atoms with Crippen molar-refractivity contribution in [3.63, 3.8) is 0 Å². The normalized spacial score (nSPS) is 22.7. The zero-order valence-electron chi connectivity index (χ0n) is 22.0. The van der Waals surface area contributed by atoms with Gasteiger partial charge >= 0.3 is 0 Å². The molecular weight excluding hydrogens is 430 g/mol. The highest BCUT2D eigenvalue weighted by molar-refractivity contribution is 8.04. The van der Waals surface area contributed by atoms with E-state index in [9.17, 15) is 4.79 Å². The van der Waals surface area contributed by atoms with E-state index >= 15 is 0 Å². The molecule has 3 heterocycles. The first-order chi connectivity index (χ1) is 16.0. The second-order valence-corrected chi connectivity index (χ2v) is 9.70. The second-order valence-electron chi connectivity index (χ2n) is 8.61. The lowest BCUT2D eigenvalue weighted by Crippen LogP contribution is -2.53. The molecular formula is C26H45N5OS. The molecule has 0 aromatic rings. The summed E-state index contributed by atoms with van der Waals surface area (Å²) in [5.74, 6) is 1.62. The third kappa shape index (κ3) is 6.11. The summed E-state index contributed by atoms with van der Waals surface area (Å²) in [6, 6.07) is 0.254. The highest BCUT2D eigenvalue weighted by atomic mass is 32.2. The fourth-order valence-electron chi connectivity index (χ4n) is 4.62. The predicted molar refractivity (Wildman–Crippen MR) is 143 cm³/mol. The number of nitrogens with zero attached hydrogens (tertiary/aromatic N) is 3. The SMILES string of the molecule is CC.CCCC1=C(C2=C(CC)NC(N(C)CC=O)S2)N2NC(C)C=C(C(CC)CC)C2=NC1. The Balaban J connectivity index is 0.00000187. The number of likely N-dealkylation sites (N-methyl/N-ethyl adjacent to an activating group) is 1. The molecule has 0 radical (unpaired) electrons. The summed E-state index contributed by atoms with van der Waals surface area (Å²) in [4.78, 5) is 19.5. The van der Waals surface area contributed by atoms with Crippen molar-refractivity contribution in [3.05, 3.63) is 33.5 Å². The van der Waals surface area contributed by atoms with Crippen molar-refractivity contribution in [1.29, 1.82) is 0 Å². The lowest BCUT2D eigenvalue weighted by atomic mass is 9.89. The largest absolute Gasteiger partial charge is 0.363 e. The van der Waals surface area contributed by atoms with Crippen molar-refractivity contribution in [2.75, 3.05) is 20.1 Å². The molecule has 3 rings (SSSR count). The van der Waals surface area contributed by atoms with Crippen molar-refractivity contribution in [3.8, 4) is 0 Å². The molecule has 0 aliphatic carbocycles. The number of fused-ring (bicyclic) bond motifs is 1. The van der Waals surface area contributed by atoms with E-state index in [1.54, 1.807) is 0 Å². The average Bonchev–Trinajstić information content (AvgIpc) is 3.25. The van der Waals surface area contributed by atoms with Crippen molar-refractivity contribution in [1.82, 2.24) is 20.7 Å². The van der Waals surface area contributed by atoms with Crippen LogP contribution in [-0.4, -0.2) is 53.7 Å². The van der Waals surface area contributed by atoms with Gasteiger partial charge in [0.2, 0.25) is 0 Å². The van der Waals surface area contributed by atoms with Crippen LogP contribution in [0.4, 0.5) is 0 Å². The Morgan fingerprint density at radius 2 is 1.97 bits per heavy atom. The van der Waals surface area contributed by atoms with Crippen LogP contribution < -0.4 is 10.7 Å². The van der Waals surface area contributed by atoms with Gasteiger partial charge in [-0.3, -0.25) is 14.9 Å². The number of allylic oxidation sites excluding steroid dienone is 1. The molecule has 0 fully saturated rings. The van der Waals surface area contributed by atoms with Gasteiger partial charge < -0.3 is 10.1 Å². The molecule has 0 saturated carbocycles. The van der Waals surface area contributed by atoms with Crippen LogP contribution in [0.25, 0.3) is 0 Å². The number of aliphatic imine (C=N–C) groups is 1. The Labute approximate surface area is 206 Å². The van der Waals surface area contributed by atoms with E-state index < -0.39 is 0 Å². The molecule has 0 saturated heterocycles. The molecule has 2 unspecified atom stereocenters. The summed E-state index contributed by atoms with van der Waals surface area (Å²) in [6.45, 7) is 16.4. The summed E-state index contributed by atoms with van der Waals surface area (Å²) in [6.07, 6.45) is 8.66. The minimum atomic E-state index is 0.0732. The molecule has 6 nitrogen and oxygen atoms in total. The van der Waals surface area contributed by atoms with Gasteiger partial charge in [-0.05, 0) is 56.7 Å². The summed E-state index contributed by atoms with van der Waals surface area (Å²) >= 11 is 1.83. The first-order valence-corrected chi connectivity index (χ1v) is 13.7. The van der Waals surface area contributed by atoms with Gasteiger partial charge in [0, 0.05) is 11.7 Å². The van der Waals surface area contributed by atoms with Crippen molar-refractivity contribution in [2.45, 2.75) is 92.1 Å². The monoisotopic (exact) mass is 475 g/mol. The van der Waals surface area contributed by atoms with Crippen LogP contribution in [0.1, 0.15) is 80.6 Å². The van der Waals surface area contributed by atoms with E-state index in [1.165, 1.54) is 27.4 Å². The lowest BCUT2D eigenvalue weighted by Gasteiger charge is -2.41. The van der Waals surface area contributed by atoms with E-state index in [4.69, 9.17) is 4.99 Å². The number of thioether (sulfide) groups is 1. The van der Waals surface area contributed by atoms with E-state index in [2.05, 4.69) is 61.3 Å². The Morgan fingerprint density at radius 3 is 2.55 bits per heavy atom. The van der Waals surface area contributed by atoms with Gasteiger partial charge in [-0.25, -0.2) is 5.43 Å². The van der Waals surface area contributed by atoms with Gasteiger partial charge in [-0.2, -0.15) is 0 Å². The predicted octanol–water partition coefficient (Wildman–Crippen LogP) is 5.42. The maximum absolute atomic E-state index is 11.1. The Morgan fingerprint density at radius 1 is 1.27 bits per heavy atom. The van der Waals surface area contributed by atoms with Crippen molar-refractivity contribution < 1.29 is 4.79 Å². The summed E-state index contributed by atoms with van der Waals surface area (Å²) < 4.78 is 0. The number of hydrogen-bond acceptors (Lipinski definition) is 7. The van der Waals surface area contributed by atoms with Gasteiger partial charge in [-0.15, -0.1) is 0 Å². The zero-order chi connectivity index (χ0) is 24.5. The van der Waals surface area contributed by atoms with E-state index in [1.807, 2.05) is 32.7 Å². The number of aldehydes is 1. The van der Waals surface area contributed by atoms with Crippen LogP contribution in [0, 0.1) is 5.92 Å².